The molecule has 0 fully saturated rings. The fraction of sp³-hybridized carbons (Fsp3) is 0.750. The third-order valence-corrected chi connectivity index (χ3v) is 3.18. The molecule has 0 saturated heterocycles. The first-order chi connectivity index (χ1) is 8.71. The lowest BCUT2D eigenvalue weighted by Gasteiger charge is -2.20. The first-order valence-electron chi connectivity index (χ1n) is 7.00. The Morgan fingerprint density at radius 2 is 1.40 bits per heavy atom. The van der Waals surface area contributed by atoms with E-state index in [9.17, 15) is 0 Å². The Morgan fingerprint density at radius 1 is 1.05 bits per heavy atom. The number of carbonyl (C=O) groups excluding carboxylic acids is 1. The van der Waals surface area contributed by atoms with Gasteiger partial charge in [0.1, 0.15) is 22.5 Å². The van der Waals surface area contributed by atoms with E-state index in [1.807, 2.05) is 0 Å². The van der Waals surface area contributed by atoms with Gasteiger partial charge < -0.3 is 9.90 Å². The number of carboxylic acids is 1. The van der Waals surface area contributed by atoms with E-state index in [0.717, 1.165) is 6.92 Å². The van der Waals surface area contributed by atoms with Crippen molar-refractivity contribution in [2.45, 2.75) is 80.3 Å². The van der Waals surface area contributed by atoms with E-state index in [0.29, 0.717) is 0 Å². The second-order valence-electron chi connectivity index (χ2n) is 7.22. The molecule has 0 spiro atoms. The number of carbonyl (C=O) groups is 1. The summed E-state index contributed by atoms with van der Waals surface area (Å²) in [4.78, 5) is 8.89. The van der Waals surface area contributed by atoms with Crippen LogP contribution in [0.25, 0.3) is 0 Å². The van der Waals surface area contributed by atoms with Crippen molar-refractivity contribution in [1.82, 2.24) is 4.57 Å². The largest absolute Gasteiger partial charge is 0.550 e. The van der Waals surface area contributed by atoms with E-state index in [4.69, 9.17) is 9.90 Å². The van der Waals surface area contributed by atoms with Crippen LogP contribution >= 0.6 is 0 Å². The van der Waals surface area contributed by atoms with Crippen LogP contribution in [0.1, 0.15) is 65.7 Å². The van der Waals surface area contributed by atoms with Crippen molar-refractivity contribution in [2.24, 2.45) is 0 Å². The lowest BCUT2D eigenvalue weighted by molar-refractivity contribution is -0.764. The Balaban J connectivity index is 0.000000796. The molecule has 0 aliphatic carbocycles. The van der Waals surface area contributed by atoms with E-state index in [1.165, 1.54) is 17.2 Å². The molecular weight excluding hydrogens is 252 g/mol. The Hall–Kier alpha value is -1.32. The van der Waals surface area contributed by atoms with Gasteiger partial charge in [-0.05, 0) is 48.5 Å². The quantitative estimate of drug-likeness (QED) is 0.683. The fourth-order valence-corrected chi connectivity index (χ4v) is 2.89. The molecule has 4 heteroatoms. The number of aromatic nitrogens is 2. The minimum Gasteiger partial charge on any atom is -0.550 e. The van der Waals surface area contributed by atoms with E-state index in [-0.39, 0.29) is 11.1 Å². The molecule has 20 heavy (non-hydrogen) atoms. The van der Waals surface area contributed by atoms with Crippen LogP contribution in [0.4, 0.5) is 0 Å². The molecule has 0 aromatic carbocycles. The highest BCUT2D eigenvalue weighted by molar-refractivity contribution is 5.60. The molecule has 1 rings (SSSR count). The van der Waals surface area contributed by atoms with Crippen LogP contribution in [0, 0.1) is 20.8 Å². The molecule has 1 heterocycles. The third-order valence-electron chi connectivity index (χ3n) is 3.18. The van der Waals surface area contributed by atoms with Crippen molar-refractivity contribution in [2.75, 3.05) is 0 Å². The third kappa shape index (κ3) is 4.36. The molecule has 0 atom stereocenters. The van der Waals surface area contributed by atoms with Crippen LogP contribution in [0.5, 0.6) is 0 Å². The minimum absolute atomic E-state index is 0.148. The molecule has 0 unspecified atom stereocenters. The second kappa shape index (κ2) is 5.98. The smallest absolute Gasteiger partial charge is 0.254 e. The number of hydrogen-bond donors (Lipinski definition) is 0. The van der Waals surface area contributed by atoms with Gasteiger partial charge in [0, 0.05) is 26.7 Å². The first kappa shape index (κ1) is 18.7. The highest BCUT2D eigenvalue weighted by Gasteiger charge is 2.34. The van der Waals surface area contributed by atoms with Gasteiger partial charge in [-0.25, -0.2) is 9.13 Å². The molecule has 1 aromatic heterocycles. The lowest BCUT2D eigenvalue weighted by atomic mass is 10.1. The molecule has 4 nitrogen and oxygen atoms in total. The molecule has 0 aliphatic rings. The van der Waals surface area contributed by atoms with Crippen molar-refractivity contribution in [3.8, 4) is 0 Å². The normalized spacial score (nSPS) is 11.9. The fourth-order valence-electron chi connectivity index (χ4n) is 2.89. The number of rotatable bonds is 0. The number of hydrogen-bond acceptors (Lipinski definition) is 2. The highest BCUT2D eigenvalue weighted by atomic mass is 16.4. The Kier molecular flexibility index (Phi) is 5.59. The Morgan fingerprint density at radius 3 is 1.55 bits per heavy atom. The van der Waals surface area contributed by atoms with Crippen molar-refractivity contribution in [3.05, 3.63) is 17.2 Å². The van der Waals surface area contributed by atoms with Gasteiger partial charge in [0.15, 0.2) is 0 Å². The summed E-state index contributed by atoms with van der Waals surface area (Å²) in [7, 11) is 0. The zero-order valence-electron chi connectivity index (χ0n) is 14.7. The van der Waals surface area contributed by atoms with E-state index in [1.54, 1.807) is 0 Å². The van der Waals surface area contributed by atoms with Crippen LogP contribution in [0.2, 0.25) is 0 Å². The Bertz CT molecular complexity index is 445. The summed E-state index contributed by atoms with van der Waals surface area (Å²) in [5.74, 6) is 0.259. The lowest BCUT2D eigenvalue weighted by Crippen LogP contribution is -2.53. The number of imidazole rings is 1. The molecule has 116 valence electrons. The van der Waals surface area contributed by atoms with Crippen LogP contribution in [0.15, 0.2) is 0 Å². The zero-order valence-corrected chi connectivity index (χ0v) is 14.7. The standard InChI is InChI=1S/C14H27N2.C2H4O2/c1-10-11(2)16(14(7,8)9)12(3)15(10)13(4,5)6;1-2(3)4/h1-9H3;1H3,(H,3,4)/q+1;/p-1. The summed E-state index contributed by atoms with van der Waals surface area (Å²) < 4.78 is 4.88. The van der Waals surface area contributed by atoms with Crippen molar-refractivity contribution in [3.63, 3.8) is 0 Å². The van der Waals surface area contributed by atoms with Gasteiger partial charge in [-0.1, -0.05) is 0 Å². The molecule has 0 amide bonds. The molecule has 0 saturated carbocycles. The van der Waals surface area contributed by atoms with Crippen LogP contribution in [0.3, 0.4) is 0 Å². The van der Waals surface area contributed by atoms with Gasteiger partial charge in [-0.15, -0.1) is 0 Å². The molecular formula is C16H30N2O2. The number of nitrogens with zero attached hydrogens (tertiary/aromatic N) is 2. The summed E-state index contributed by atoms with van der Waals surface area (Å²) in [5, 5.41) is 8.89. The van der Waals surface area contributed by atoms with Gasteiger partial charge in [0.25, 0.3) is 5.82 Å². The van der Waals surface area contributed by atoms with E-state index >= 15 is 0 Å². The number of aliphatic carboxylic acids is 1. The van der Waals surface area contributed by atoms with Crippen LogP contribution in [-0.2, 0) is 15.9 Å². The zero-order chi connectivity index (χ0) is 16.5. The maximum absolute atomic E-state index is 8.89. The monoisotopic (exact) mass is 282 g/mol. The summed E-state index contributed by atoms with van der Waals surface area (Å²) in [6.45, 7) is 21.2. The molecule has 1 aromatic rings. The van der Waals surface area contributed by atoms with Crippen molar-refractivity contribution in [1.29, 1.82) is 0 Å². The minimum atomic E-state index is -1.08. The Labute approximate surface area is 123 Å². The van der Waals surface area contributed by atoms with Gasteiger partial charge in [-0.3, -0.25) is 0 Å². The van der Waals surface area contributed by atoms with Gasteiger partial charge in [0.05, 0.1) is 0 Å². The second-order valence-corrected chi connectivity index (χ2v) is 7.22. The molecule has 0 bridgehead atoms. The van der Waals surface area contributed by atoms with Crippen molar-refractivity contribution >= 4 is 5.97 Å². The van der Waals surface area contributed by atoms with Crippen LogP contribution < -0.4 is 9.67 Å². The van der Waals surface area contributed by atoms with E-state index in [2.05, 4.69) is 71.4 Å². The van der Waals surface area contributed by atoms with Gasteiger partial charge in [0.2, 0.25) is 0 Å². The average molecular weight is 282 g/mol. The highest BCUT2D eigenvalue weighted by Crippen LogP contribution is 2.22. The summed E-state index contributed by atoms with van der Waals surface area (Å²) in [6, 6.07) is 0. The maximum Gasteiger partial charge on any atom is 0.254 e. The number of carboxylic acid groups (broad SMARTS) is 1. The maximum atomic E-state index is 8.89. The predicted molar refractivity (Wildman–Crippen MR) is 79.5 cm³/mol. The molecule has 0 aliphatic heterocycles. The molecule has 0 N–H and O–H groups in total. The summed E-state index contributed by atoms with van der Waals surface area (Å²) >= 11 is 0. The first-order valence-corrected chi connectivity index (χ1v) is 7.00. The van der Waals surface area contributed by atoms with Crippen molar-refractivity contribution < 1.29 is 14.5 Å². The van der Waals surface area contributed by atoms with Gasteiger partial charge >= 0.3 is 0 Å². The predicted octanol–water partition coefficient (Wildman–Crippen LogP) is 1.97. The summed E-state index contributed by atoms with van der Waals surface area (Å²) in [6.07, 6.45) is 0. The SMILES string of the molecule is CC(=O)[O-].Cc1c(C)[n+](C(C)(C)C)c(C)n1C(C)(C)C. The van der Waals surface area contributed by atoms with Crippen LogP contribution in [-0.4, -0.2) is 10.5 Å². The van der Waals surface area contributed by atoms with E-state index < -0.39 is 5.97 Å². The average Bonchev–Trinajstić information content (AvgIpc) is 2.33. The molecule has 0 radical (unpaired) electrons. The van der Waals surface area contributed by atoms with Gasteiger partial charge in [-0.2, -0.15) is 0 Å². The summed E-state index contributed by atoms with van der Waals surface area (Å²) in [5.41, 5.74) is 3.05. The topological polar surface area (TPSA) is 48.9 Å².